The topological polar surface area (TPSA) is 72.6 Å². The Morgan fingerprint density at radius 1 is 0.453 bits per heavy atom. The van der Waals surface area contributed by atoms with Gasteiger partial charge in [0.25, 0.3) is 0 Å². The van der Waals surface area contributed by atoms with Crippen LogP contribution in [0.2, 0.25) is 0 Å². The average Bonchev–Trinajstić information content (AvgIpc) is 4.18. The highest BCUT2D eigenvalue weighted by Gasteiger charge is 2.24. The Morgan fingerprint density at radius 2 is 0.891 bits per heavy atom. The van der Waals surface area contributed by atoms with Crippen molar-refractivity contribution < 1.29 is 0 Å². The summed E-state index contributed by atoms with van der Waals surface area (Å²) in [5.74, 6) is 1.81. The molecule has 0 atom stereocenters. The van der Waals surface area contributed by atoms with Crippen molar-refractivity contribution in [3.05, 3.63) is 193 Å². The number of aromatic amines is 2. The van der Waals surface area contributed by atoms with Crippen molar-refractivity contribution in [3.63, 3.8) is 0 Å². The smallest absolute Gasteiger partial charge is 0.132 e. The van der Waals surface area contributed by atoms with Crippen LogP contribution in [0.1, 0.15) is 75.6 Å². The number of unbranched alkanes of at least 4 members (excludes halogenated alkanes) is 6. The summed E-state index contributed by atoms with van der Waals surface area (Å²) in [5, 5.41) is 18.9. The fourth-order valence-corrected chi connectivity index (χ4v) is 9.33. The van der Waals surface area contributed by atoms with Gasteiger partial charge < -0.3 is 19.1 Å². The molecule has 8 heteroatoms. The summed E-state index contributed by atoms with van der Waals surface area (Å²) in [6.07, 6.45) is 17.7. The number of aromatic nitrogens is 4. The van der Waals surface area contributed by atoms with Crippen LogP contribution in [0.15, 0.2) is 192 Å². The van der Waals surface area contributed by atoms with Crippen molar-refractivity contribution in [2.75, 3.05) is 10.0 Å². The monoisotopic (exact) mass is 838 g/mol. The first kappa shape index (κ1) is 40.5. The van der Waals surface area contributed by atoms with Gasteiger partial charge in [-0.2, -0.15) is 10.2 Å². The molecule has 0 saturated carbocycles. The van der Waals surface area contributed by atoms with Gasteiger partial charge >= 0.3 is 0 Å². The first-order valence-electron chi connectivity index (χ1n) is 22.9. The van der Waals surface area contributed by atoms with Crippen molar-refractivity contribution in [1.29, 1.82) is 0 Å². The molecule has 2 N–H and O–H groups in total. The number of hydrogen-bond donors (Lipinski definition) is 2. The summed E-state index contributed by atoms with van der Waals surface area (Å²) in [4.78, 5) is 6.67. The second-order valence-electron chi connectivity index (χ2n) is 16.6. The highest BCUT2D eigenvalue weighted by atomic mass is 15.5. The van der Waals surface area contributed by atoms with E-state index in [4.69, 9.17) is 10.2 Å². The Bertz CT molecular complexity index is 2930. The Hall–Kier alpha value is -7.58. The van der Waals surface area contributed by atoms with Crippen LogP contribution in [0.5, 0.6) is 0 Å². The van der Waals surface area contributed by atoms with Gasteiger partial charge in [0, 0.05) is 33.9 Å². The van der Waals surface area contributed by atoms with Crippen molar-refractivity contribution in [1.82, 2.24) is 19.1 Å². The molecule has 0 aliphatic rings. The summed E-state index contributed by atoms with van der Waals surface area (Å²) in [6, 6.07) is 60.1. The van der Waals surface area contributed by atoms with Crippen LogP contribution in [0, 0.1) is 0 Å². The molecule has 8 nitrogen and oxygen atoms in total. The zero-order valence-electron chi connectivity index (χ0n) is 36.4. The number of H-pyrrole nitrogens is 2. The van der Waals surface area contributed by atoms with E-state index < -0.39 is 0 Å². The molecule has 10 rings (SSSR count). The van der Waals surface area contributed by atoms with E-state index in [1.54, 1.807) is 0 Å². The van der Waals surface area contributed by atoms with Crippen molar-refractivity contribution in [2.45, 2.75) is 64.5 Å². The number of nitrogens with one attached hydrogen (secondary N) is 2. The molecule has 0 bridgehead atoms. The summed E-state index contributed by atoms with van der Waals surface area (Å²) in [7, 11) is 0. The molecule has 4 aromatic heterocycles. The molecule has 0 fully saturated rings. The zero-order chi connectivity index (χ0) is 43.1. The number of hydrazone groups is 2. The van der Waals surface area contributed by atoms with Crippen LogP contribution in [0.3, 0.4) is 0 Å². The fourth-order valence-electron chi connectivity index (χ4n) is 9.33. The van der Waals surface area contributed by atoms with Gasteiger partial charge in [0.1, 0.15) is 17.8 Å². The Labute approximate surface area is 374 Å². The summed E-state index contributed by atoms with van der Waals surface area (Å²) in [5.41, 5.74) is 8.96. The van der Waals surface area contributed by atoms with E-state index in [1.165, 1.54) is 82.1 Å². The molecule has 4 heterocycles. The predicted molar refractivity (Wildman–Crippen MR) is 270 cm³/mol. The molecular weight excluding hydrogens is 785 g/mol. The molecule has 0 amide bonds. The largest absolute Gasteiger partial charge is 0.347 e. The lowest BCUT2D eigenvalue weighted by molar-refractivity contribution is 0.418. The SMILES string of the molecule is CCCCCCCCCC(n1c2ccccc2c2cc(/C=N/N(c3ccccc3)c3ccc[nH]3)ccc21)n1c2ccccc2c2cc(/C=N/N(c3ccccc3)c3ccc[nH]3)ccc21. The van der Waals surface area contributed by atoms with E-state index >= 15 is 0 Å². The third-order valence-electron chi connectivity index (χ3n) is 12.4. The minimum absolute atomic E-state index is 0.0300. The Morgan fingerprint density at radius 3 is 1.36 bits per heavy atom. The van der Waals surface area contributed by atoms with Crippen LogP contribution < -0.4 is 10.0 Å². The minimum atomic E-state index is 0.0300. The summed E-state index contributed by atoms with van der Waals surface area (Å²) in [6.45, 7) is 2.29. The molecule has 0 aliphatic carbocycles. The highest BCUT2D eigenvalue weighted by molar-refractivity contribution is 6.11. The number of benzene rings is 6. The molecule has 0 radical (unpaired) electrons. The summed E-state index contributed by atoms with van der Waals surface area (Å²) < 4.78 is 5.24. The normalized spacial score (nSPS) is 12.0. The van der Waals surface area contributed by atoms with Gasteiger partial charge in [0.2, 0.25) is 0 Å². The quantitative estimate of drug-likeness (QED) is 0.0513. The fraction of sp³-hybridized carbons (Fsp3) is 0.179. The maximum atomic E-state index is 5.03. The van der Waals surface area contributed by atoms with Gasteiger partial charge in [-0.1, -0.05) is 130 Å². The highest BCUT2D eigenvalue weighted by Crippen LogP contribution is 2.40. The maximum Gasteiger partial charge on any atom is 0.132 e. The van der Waals surface area contributed by atoms with E-state index in [0.717, 1.165) is 47.0 Å². The van der Waals surface area contributed by atoms with Gasteiger partial charge in [-0.05, 0) is 109 Å². The Kier molecular flexibility index (Phi) is 11.9. The van der Waals surface area contributed by atoms with E-state index in [1.807, 2.05) is 95.5 Å². The number of rotatable bonds is 18. The third-order valence-corrected chi connectivity index (χ3v) is 12.4. The van der Waals surface area contributed by atoms with E-state index in [9.17, 15) is 0 Å². The van der Waals surface area contributed by atoms with Gasteiger partial charge in [0.05, 0.1) is 45.9 Å². The average molecular weight is 839 g/mol. The van der Waals surface area contributed by atoms with Crippen LogP contribution in [0.25, 0.3) is 43.6 Å². The van der Waals surface area contributed by atoms with E-state index in [2.05, 4.69) is 135 Å². The Balaban J connectivity index is 1.07. The van der Waals surface area contributed by atoms with Crippen LogP contribution in [-0.2, 0) is 0 Å². The third kappa shape index (κ3) is 8.22. The summed E-state index contributed by atoms with van der Waals surface area (Å²) >= 11 is 0. The second-order valence-corrected chi connectivity index (χ2v) is 16.6. The lowest BCUT2D eigenvalue weighted by Gasteiger charge is -2.26. The molecule has 0 spiro atoms. The van der Waals surface area contributed by atoms with Crippen molar-refractivity contribution in [3.8, 4) is 0 Å². The number of hydrogen-bond acceptors (Lipinski definition) is 4. The van der Waals surface area contributed by atoms with Crippen LogP contribution >= 0.6 is 0 Å². The zero-order valence-corrected chi connectivity index (χ0v) is 36.4. The standard InChI is InChI=1S/C56H54N8/c1-2-3-4-5-6-7-14-31-56(61-50-27-17-15-25-46(50)48-38-42(32-34-52(48)61)40-59-63(54-29-19-36-57-54)44-21-10-8-11-22-44)62-51-28-18-16-26-47(51)49-39-43(33-35-53(49)62)41-60-64(55-30-20-37-58-55)45-23-12-9-13-24-45/h8-13,15-30,32-41,56-58H,2-7,14,31H2,1H3/b59-40+,60-41+. The van der Waals surface area contributed by atoms with Crippen molar-refractivity contribution in [2.24, 2.45) is 10.2 Å². The minimum Gasteiger partial charge on any atom is -0.347 e. The first-order chi connectivity index (χ1) is 31.7. The van der Waals surface area contributed by atoms with E-state index in [-0.39, 0.29) is 6.17 Å². The number of fused-ring (bicyclic) bond motifs is 6. The maximum absolute atomic E-state index is 5.03. The molecule has 0 unspecified atom stereocenters. The van der Waals surface area contributed by atoms with Gasteiger partial charge in [0.15, 0.2) is 0 Å². The van der Waals surface area contributed by atoms with Gasteiger partial charge in [-0.3, -0.25) is 0 Å². The molecule has 0 saturated heterocycles. The molecule has 64 heavy (non-hydrogen) atoms. The second kappa shape index (κ2) is 18.8. The molecule has 318 valence electrons. The molecule has 10 aromatic rings. The molecule has 6 aromatic carbocycles. The first-order valence-corrected chi connectivity index (χ1v) is 22.9. The van der Waals surface area contributed by atoms with Crippen LogP contribution in [0.4, 0.5) is 23.0 Å². The number of nitrogens with zero attached hydrogens (tertiary/aromatic N) is 6. The lowest BCUT2D eigenvalue weighted by Crippen LogP contribution is -2.18. The number of para-hydroxylation sites is 4. The molecule has 0 aliphatic heterocycles. The van der Waals surface area contributed by atoms with Gasteiger partial charge in [-0.25, -0.2) is 10.0 Å². The van der Waals surface area contributed by atoms with E-state index in [0.29, 0.717) is 0 Å². The lowest BCUT2D eigenvalue weighted by atomic mass is 10.1. The van der Waals surface area contributed by atoms with Gasteiger partial charge in [-0.15, -0.1) is 0 Å². The number of anilines is 4. The predicted octanol–water partition coefficient (Wildman–Crippen LogP) is 15.1. The van der Waals surface area contributed by atoms with Crippen LogP contribution in [-0.4, -0.2) is 31.5 Å². The van der Waals surface area contributed by atoms with Crippen molar-refractivity contribution >= 4 is 79.1 Å². The molecular formula is C56H54N8.